The van der Waals surface area contributed by atoms with Gasteiger partial charge in [0.2, 0.25) is 5.91 Å². The van der Waals surface area contributed by atoms with E-state index in [9.17, 15) is 9.59 Å². The number of carboxylic acid groups (broad SMARTS) is 1. The molecule has 1 amide bonds. The average molecular weight is 528 g/mol. The Morgan fingerprint density at radius 3 is 2.57 bits per heavy atom. The van der Waals surface area contributed by atoms with Gasteiger partial charge >= 0.3 is 5.97 Å². The van der Waals surface area contributed by atoms with Crippen molar-refractivity contribution in [2.45, 2.75) is 6.92 Å². The van der Waals surface area contributed by atoms with Crippen LogP contribution in [-0.2, 0) is 4.79 Å². The normalized spacial score (nSPS) is 10.6. The second-order valence-corrected chi connectivity index (χ2v) is 7.80. The maximum absolute atomic E-state index is 12.2. The molecule has 0 spiro atoms. The monoisotopic (exact) mass is 526 g/mol. The smallest absolute Gasteiger partial charge is 0.335 e. The SMILES string of the molecule is COc1c(Br)cc(Br)cc1C=CC(=O)NC(=S)Nc1cc(C(=O)O)ccc1C. The van der Waals surface area contributed by atoms with Gasteiger partial charge in [0.05, 0.1) is 17.1 Å². The first-order valence-corrected chi connectivity index (χ1v) is 9.87. The first-order valence-electron chi connectivity index (χ1n) is 7.88. The van der Waals surface area contributed by atoms with Gasteiger partial charge in [-0.2, -0.15) is 0 Å². The van der Waals surface area contributed by atoms with E-state index in [0.717, 1.165) is 14.5 Å². The molecule has 6 nitrogen and oxygen atoms in total. The summed E-state index contributed by atoms with van der Waals surface area (Å²) in [5.41, 5.74) is 2.12. The number of aromatic carboxylic acids is 1. The van der Waals surface area contributed by atoms with Crippen molar-refractivity contribution in [2.75, 3.05) is 12.4 Å². The number of hydrogen-bond acceptors (Lipinski definition) is 4. The minimum Gasteiger partial charge on any atom is -0.495 e. The Balaban J connectivity index is 2.08. The first-order chi connectivity index (χ1) is 13.2. The molecule has 0 aliphatic carbocycles. The number of thiocarbonyl (C=S) groups is 1. The second kappa shape index (κ2) is 9.81. The van der Waals surface area contributed by atoms with Crippen molar-refractivity contribution < 1.29 is 19.4 Å². The van der Waals surface area contributed by atoms with Gasteiger partial charge in [-0.1, -0.05) is 22.0 Å². The van der Waals surface area contributed by atoms with E-state index in [-0.39, 0.29) is 10.7 Å². The van der Waals surface area contributed by atoms with Crippen molar-refractivity contribution >= 4 is 72.8 Å². The maximum Gasteiger partial charge on any atom is 0.335 e. The Kier molecular flexibility index (Phi) is 7.73. The van der Waals surface area contributed by atoms with E-state index in [1.807, 2.05) is 12.1 Å². The van der Waals surface area contributed by atoms with Crippen molar-refractivity contribution in [3.63, 3.8) is 0 Å². The summed E-state index contributed by atoms with van der Waals surface area (Å²) in [6, 6.07) is 8.26. The molecule has 0 aromatic heterocycles. The number of rotatable bonds is 5. The fourth-order valence-electron chi connectivity index (χ4n) is 2.28. The van der Waals surface area contributed by atoms with Crippen LogP contribution in [-0.4, -0.2) is 29.2 Å². The predicted molar refractivity (Wildman–Crippen MR) is 120 cm³/mol. The summed E-state index contributed by atoms with van der Waals surface area (Å²) in [5, 5.41) is 14.5. The third-order valence-corrected chi connectivity index (χ3v) is 4.88. The topological polar surface area (TPSA) is 87.7 Å². The first kappa shape index (κ1) is 22.1. The van der Waals surface area contributed by atoms with E-state index in [1.54, 1.807) is 19.1 Å². The van der Waals surface area contributed by atoms with Crippen LogP contribution < -0.4 is 15.4 Å². The van der Waals surface area contributed by atoms with E-state index in [0.29, 0.717) is 17.0 Å². The van der Waals surface area contributed by atoms with Gasteiger partial charge in [0.25, 0.3) is 0 Å². The Labute approximate surface area is 184 Å². The van der Waals surface area contributed by atoms with E-state index in [2.05, 4.69) is 42.5 Å². The van der Waals surface area contributed by atoms with Crippen LogP contribution in [0.25, 0.3) is 6.08 Å². The molecule has 0 aliphatic rings. The highest BCUT2D eigenvalue weighted by atomic mass is 79.9. The summed E-state index contributed by atoms with van der Waals surface area (Å²) in [4.78, 5) is 23.3. The number of carbonyl (C=O) groups excluding carboxylic acids is 1. The van der Waals surface area contributed by atoms with Crippen molar-refractivity contribution in [2.24, 2.45) is 0 Å². The standard InChI is InChI=1S/C19H16Br2N2O4S/c1-10-3-4-12(18(25)26)8-15(10)22-19(28)23-16(24)6-5-11-7-13(20)9-14(21)17(11)27-2/h3-9H,1-2H3,(H,25,26)(H2,22,23,24,28). The summed E-state index contributed by atoms with van der Waals surface area (Å²) >= 11 is 11.9. The predicted octanol–water partition coefficient (Wildman–Crippen LogP) is 4.75. The van der Waals surface area contributed by atoms with Gasteiger partial charge in [0.1, 0.15) is 5.75 Å². The van der Waals surface area contributed by atoms with Crippen LogP contribution in [0, 0.1) is 6.92 Å². The number of aryl methyl sites for hydroxylation is 1. The van der Waals surface area contributed by atoms with Crippen molar-refractivity contribution in [1.82, 2.24) is 5.32 Å². The van der Waals surface area contributed by atoms with Gasteiger partial charge in [-0.05, 0) is 71.0 Å². The number of carboxylic acids is 1. The minimum absolute atomic E-state index is 0.0580. The molecule has 0 unspecified atom stereocenters. The summed E-state index contributed by atoms with van der Waals surface area (Å²) in [6.45, 7) is 1.80. The zero-order chi connectivity index (χ0) is 20.8. The largest absolute Gasteiger partial charge is 0.495 e. The van der Waals surface area contributed by atoms with Crippen LogP contribution in [0.3, 0.4) is 0 Å². The van der Waals surface area contributed by atoms with E-state index in [1.165, 1.54) is 25.3 Å². The molecule has 0 saturated heterocycles. The molecular formula is C19H16Br2N2O4S. The molecule has 3 N–H and O–H groups in total. The summed E-state index contributed by atoms with van der Waals surface area (Å²) < 4.78 is 6.90. The highest BCUT2D eigenvalue weighted by molar-refractivity contribution is 9.11. The molecule has 0 bridgehead atoms. The number of methoxy groups -OCH3 is 1. The molecule has 0 aliphatic heterocycles. The molecule has 0 radical (unpaired) electrons. The van der Waals surface area contributed by atoms with Gasteiger partial charge in [-0.3, -0.25) is 10.1 Å². The van der Waals surface area contributed by atoms with Gasteiger partial charge in [-0.25, -0.2) is 4.79 Å². The van der Waals surface area contributed by atoms with Crippen LogP contribution in [0.2, 0.25) is 0 Å². The lowest BCUT2D eigenvalue weighted by molar-refractivity contribution is -0.115. The van der Waals surface area contributed by atoms with Gasteiger partial charge in [0, 0.05) is 21.8 Å². The lowest BCUT2D eigenvalue weighted by Crippen LogP contribution is -2.33. The highest BCUT2D eigenvalue weighted by Crippen LogP contribution is 2.33. The summed E-state index contributed by atoms with van der Waals surface area (Å²) in [7, 11) is 1.54. The number of carbonyl (C=O) groups is 2. The molecular weight excluding hydrogens is 512 g/mol. The van der Waals surface area contributed by atoms with Gasteiger partial charge in [0.15, 0.2) is 5.11 Å². The Morgan fingerprint density at radius 1 is 1.21 bits per heavy atom. The second-order valence-electron chi connectivity index (χ2n) is 5.62. The lowest BCUT2D eigenvalue weighted by Gasteiger charge is -2.11. The van der Waals surface area contributed by atoms with Crippen LogP contribution in [0.5, 0.6) is 5.75 Å². The van der Waals surface area contributed by atoms with Crippen LogP contribution in [0.15, 0.2) is 45.4 Å². The number of hydrogen-bond donors (Lipinski definition) is 3. The Bertz CT molecular complexity index is 977. The minimum atomic E-state index is -1.05. The molecule has 9 heteroatoms. The van der Waals surface area contributed by atoms with Crippen molar-refractivity contribution in [1.29, 1.82) is 0 Å². The molecule has 2 rings (SSSR count). The van der Waals surface area contributed by atoms with Crippen molar-refractivity contribution in [3.8, 4) is 5.75 Å². The molecule has 0 saturated carbocycles. The molecule has 0 fully saturated rings. The molecule has 0 heterocycles. The number of anilines is 1. The van der Waals surface area contributed by atoms with Gasteiger partial charge < -0.3 is 15.2 Å². The Morgan fingerprint density at radius 2 is 1.93 bits per heavy atom. The number of ether oxygens (including phenoxy) is 1. The molecule has 2 aromatic carbocycles. The van der Waals surface area contributed by atoms with E-state index < -0.39 is 11.9 Å². The number of amides is 1. The quantitative estimate of drug-likeness (QED) is 0.384. The zero-order valence-corrected chi connectivity index (χ0v) is 18.9. The summed E-state index contributed by atoms with van der Waals surface area (Å²) in [6.07, 6.45) is 2.92. The van der Waals surface area contributed by atoms with Crippen molar-refractivity contribution in [3.05, 3.63) is 62.0 Å². The third kappa shape index (κ3) is 5.88. The van der Waals surface area contributed by atoms with Crippen LogP contribution >= 0.6 is 44.1 Å². The van der Waals surface area contributed by atoms with E-state index in [4.69, 9.17) is 22.1 Å². The highest BCUT2D eigenvalue weighted by Gasteiger charge is 2.10. The summed E-state index contributed by atoms with van der Waals surface area (Å²) in [5.74, 6) is -0.896. The molecule has 0 atom stereocenters. The van der Waals surface area contributed by atoms with Gasteiger partial charge in [-0.15, -0.1) is 0 Å². The number of halogens is 2. The third-order valence-electron chi connectivity index (χ3n) is 3.62. The van der Waals surface area contributed by atoms with Crippen LogP contribution in [0.4, 0.5) is 5.69 Å². The number of nitrogens with one attached hydrogen (secondary N) is 2. The van der Waals surface area contributed by atoms with E-state index >= 15 is 0 Å². The fraction of sp³-hybridized carbons (Fsp3) is 0.105. The average Bonchev–Trinajstić information content (AvgIpc) is 2.61. The molecule has 146 valence electrons. The van der Waals surface area contributed by atoms with Crippen LogP contribution in [0.1, 0.15) is 21.5 Å². The molecule has 2 aromatic rings. The molecule has 28 heavy (non-hydrogen) atoms. The zero-order valence-electron chi connectivity index (χ0n) is 14.9. The fourth-order valence-corrected chi connectivity index (χ4v) is 3.91. The number of benzene rings is 2. The Hall–Kier alpha value is -2.23. The maximum atomic E-state index is 12.2. The lowest BCUT2D eigenvalue weighted by atomic mass is 10.1.